The Balaban J connectivity index is 1.45. The van der Waals surface area contributed by atoms with Crippen molar-refractivity contribution in [2.75, 3.05) is 13.1 Å². The standard InChI is InChI=1S/C17H27N5O2/c1-12(2)8-21-9-13(7-16(21)23)17(24)20-14-3-5-15(6-4-14)22-10-18-19-11-22/h10-15H,3-9H2,1-2H3,(H,20,24). The molecule has 2 heterocycles. The van der Waals surface area contributed by atoms with Crippen LogP contribution in [-0.2, 0) is 9.59 Å². The molecular formula is C17H27N5O2. The van der Waals surface area contributed by atoms with Gasteiger partial charge in [0.25, 0.3) is 0 Å². The van der Waals surface area contributed by atoms with E-state index in [0.29, 0.717) is 24.9 Å². The molecule has 0 bridgehead atoms. The third-order valence-corrected chi connectivity index (χ3v) is 5.07. The zero-order valence-electron chi connectivity index (χ0n) is 14.5. The van der Waals surface area contributed by atoms with Crippen LogP contribution in [0.3, 0.4) is 0 Å². The second-order valence-corrected chi connectivity index (χ2v) is 7.52. The number of aromatic nitrogens is 3. The van der Waals surface area contributed by atoms with Gasteiger partial charge in [-0.2, -0.15) is 0 Å². The summed E-state index contributed by atoms with van der Waals surface area (Å²) in [5.41, 5.74) is 0. The number of nitrogens with one attached hydrogen (secondary N) is 1. The van der Waals surface area contributed by atoms with E-state index < -0.39 is 0 Å². The van der Waals surface area contributed by atoms with Gasteiger partial charge in [-0.05, 0) is 31.6 Å². The number of carbonyl (C=O) groups excluding carboxylic acids is 2. The highest BCUT2D eigenvalue weighted by molar-refractivity contribution is 5.89. The van der Waals surface area contributed by atoms with E-state index in [-0.39, 0.29) is 23.8 Å². The Morgan fingerprint density at radius 2 is 1.92 bits per heavy atom. The van der Waals surface area contributed by atoms with Crippen molar-refractivity contribution >= 4 is 11.8 Å². The average Bonchev–Trinajstić information content (AvgIpc) is 3.18. The van der Waals surface area contributed by atoms with Gasteiger partial charge in [0.15, 0.2) is 0 Å². The normalized spacial score (nSPS) is 27.7. The van der Waals surface area contributed by atoms with Crippen LogP contribution >= 0.6 is 0 Å². The lowest BCUT2D eigenvalue weighted by atomic mass is 9.90. The van der Waals surface area contributed by atoms with Gasteiger partial charge < -0.3 is 14.8 Å². The van der Waals surface area contributed by atoms with Crippen molar-refractivity contribution in [2.24, 2.45) is 11.8 Å². The van der Waals surface area contributed by atoms with Crippen molar-refractivity contribution in [1.29, 1.82) is 0 Å². The zero-order chi connectivity index (χ0) is 17.1. The van der Waals surface area contributed by atoms with Gasteiger partial charge in [0.1, 0.15) is 12.7 Å². The molecule has 1 unspecified atom stereocenters. The molecule has 1 atom stereocenters. The third kappa shape index (κ3) is 3.94. The number of amides is 2. The maximum absolute atomic E-state index is 12.5. The van der Waals surface area contributed by atoms with Gasteiger partial charge in [0.05, 0.1) is 5.92 Å². The summed E-state index contributed by atoms with van der Waals surface area (Å²) in [6, 6.07) is 0.655. The maximum Gasteiger partial charge on any atom is 0.225 e. The molecule has 1 aliphatic carbocycles. The minimum atomic E-state index is -0.188. The lowest BCUT2D eigenvalue weighted by Gasteiger charge is -2.30. The molecule has 1 aliphatic heterocycles. The van der Waals surface area contributed by atoms with Gasteiger partial charge >= 0.3 is 0 Å². The summed E-state index contributed by atoms with van der Waals surface area (Å²) in [5.74, 6) is 0.401. The second-order valence-electron chi connectivity index (χ2n) is 7.52. The molecule has 2 amide bonds. The van der Waals surface area contributed by atoms with E-state index in [1.807, 2.05) is 4.90 Å². The van der Waals surface area contributed by atoms with Crippen molar-refractivity contribution in [3.63, 3.8) is 0 Å². The average molecular weight is 333 g/mol. The van der Waals surface area contributed by atoms with E-state index in [0.717, 1.165) is 32.2 Å². The first-order valence-electron chi connectivity index (χ1n) is 8.95. The molecule has 2 fully saturated rings. The van der Waals surface area contributed by atoms with E-state index in [1.165, 1.54) is 0 Å². The van der Waals surface area contributed by atoms with Crippen LogP contribution in [-0.4, -0.2) is 50.6 Å². The molecule has 0 spiro atoms. The first-order valence-corrected chi connectivity index (χ1v) is 8.95. The number of hydrogen-bond donors (Lipinski definition) is 1. The summed E-state index contributed by atoms with van der Waals surface area (Å²) in [7, 11) is 0. The fourth-order valence-electron chi connectivity index (χ4n) is 3.80. The third-order valence-electron chi connectivity index (χ3n) is 5.07. The van der Waals surface area contributed by atoms with E-state index in [4.69, 9.17) is 0 Å². The van der Waals surface area contributed by atoms with Crippen molar-refractivity contribution < 1.29 is 9.59 Å². The Labute approximate surface area is 142 Å². The molecule has 7 nitrogen and oxygen atoms in total. The van der Waals surface area contributed by atoms with Gasteiger partial charge in [0, 0.05) is 31.6 Å². The van der Waals surface area contributed by atoms with Crippen LogP contribution in [0.4, 0.5) is 0 Å². The molecule has 3 rings (SSSR count). The molecule has 0 aromatic carbocycles. The summed E-state index contributed by atoms with van der Waals surface area (Å²) in [4.78, 5) is 26.3. The van der Waals surface area contributed by atoms with Crippen LogP contribution in [0.25, 0.3) is 0 Å². The van der Waals surface area contributed by atoms with Crippen LogP contribution in [0, 0.1) is 11.8 Å². The number of rotatable bonds is 5. The molecule has 1 saturated carbocycles. The Kier molecular flexibility index (Phi) is 5.16. The molecular weight excluding hydrogens is 306 g/mol. The predicted molar refractivity (Wildman–Crippen MR) is 89.0 cm³/mol. The number of hydrogen-bond acceptors (Lipinski definition) is 4. The Morgan fingerprint density at radius 3 is 2.54 bits per heavy atom. The van der Waals surface area contributed by atoms with Gasteiger partial charge in [-0.1, -0.05) is 13.8 Å². The largest absolute Gasteiger partial charge is 0.353 e. The Hall–Kier alpha value is -1.92. The summed E-state index contributed by atoms with van der Waals surface area (Å²) in [6.45, 7) is 5.50. The number of nitrogens with zero attached hydrogens (tertiary/aromatic N) is 4. The number of carbonyl (C=O) groups is 2. The Morgan fingerprint density at radius 1 is 1.25 bits per heavy atom. The fourth-order valence-corrected chi connectivity index (χ4v) is 3.80. The van der Waals surface area contributed by atoms with Crippen molar-refractivity contribution in [2.45, 2.75) is 58.0 Å². The van der Waals surface area contributed by atoms with Gasteiger partial charge in [-0.3, -0.25) is 9.59 Å². The van der Waals surface area contributed by atoms with Crippen LogP contribution in [0.15, 0.2) is 12.7 Å². The molecule has 0 radical (unpaired) electrons. The summed E-state index contributed by atoms with van der Waals surface area (Å²) in [6.07, 6.45) is 7.84. The quantitative estimate of drug-likeness (QED) is 0.883. The lowest BCUT2D eigenvalue weighted by Crippen LogP contribution is -2.42. The van der Waals surface area contributed by atoms with Crippen LogP contribution in [0.1, 0.15) is 52.0 Å². The molecule has 1 N–H and O–H groups in total. The molecule has 1 aromatic rings. The number of likely N-dealkylation sites (tertiary alicyclic amines) is 1. The van der Waals surface area contributed by atoms with Gasteiger partial charge in [-0.15, -0.1) is 10.2 Å². The minimum absolute atomic E-state index is 0.0438. The highest BCUT2D eigenvalue weighted by Crippen LogP contribution is 2.28. The first-order chi connectivity index (χ1) is 11.5. The lowest BCUT2D eigenvalue weighted by molar-refractivity contribution is -0.129. The molecule has 132 valence electrons. The topological polar surface area (TPSA) is 80.1 Å². The van der Waals surface area contributed by atoms with Crippen molar-refractivity contribution in [3.8, 4) is 0 Å². The fraction of sp³-hybridized carbons (Fsp3) is 0.765. The van der Waals surface area contributed by atoms with E-state index in [9.17, 15) is 9.59 Å². The highest BCUT2D eigenvalue weighted by atomic mass is 16.2. The van der Waals surface area contributed by atoms with Gasteiger partial charge in [0.2, 0.25) is 11.8 Å². The SMILES string of the molecule is CC(C)CN1CC(C(=O)NC2CCC(n3cnnc3)CC2)CC1=O. The zero-order valence-corrected chi connectivity index (χ0v) is 14.5. The monoisotopic (exact) mass is 333 g/mol. The van der Waals surface area contributed by atoms with E-state index in [1.54, 1.807) is 12.7 Å². The molecule has 1 saturated heterocycles. The molecule has 2 aliphatic rings. The van der Waals surface area contributed by atoms with E-state index in [2.05, 4.69) is 33.9 Å². The predicted octanol–water partition coefficient (Wildman–Crippen LogP) is 1.38. The molecule has 7 heteroatoms. The summed E-state index contributed by atoms with van der Waals surface area (Å²) in [5, 5.41) is 10.9. The van der Waals surface area contributed by atoms with Crippen LogP contribution in [0.5, 0.6) is 0 Å². The second kappa shape index (κ2) is 7.32. The van der Waals surface area contributed by atoms with Gasteiger partial charge in [-0.25, -0.2) is 0 Å². The van der Waals surface area contributed by atoms with Crippen molar-refractivity contribution in [3.05, 3.63) is 12.7 Å². The molecule has 1 aromatic heterocycles. The van der Waals surface area contributed by atoms with Crippen LogP contribution < -0.4 is 5.32 Å². The Bertz CT molecular complexity index is 564. The minimum Gasteiger partial charge on any atom is -0.353 e. The first kappa shape index (κ1) is 16.9. The highest BCUT2D eigenvalue weighted by Gasteiger charge is 2.35. The maximum atomic E-state index is 12.5. The van der Waals surface area contributed by atoms with Crippen LogP contribution in [0.2, 0.25) is 0 Å². The molecule has 24 heavy (non-hydrogen) atoms. The summed E-state index contributed by atoms with van der Waals surface area (Å²) < 4.78 is 2.05. The van der Waals surface area contributed by atoms with E-state index >= 15 is 0 Å². The van der Waals surface area contributed by atoms with Crippen molar-refractivity contribution in [1.82, 2.24) is 25.0 Å². The smallest absolute Gasteiger partial charge is 0.225 e. The summed E-state index contributed by atoms with van der Waals surface area (Å²) >= 11 is 0.